The van der Waals surface area contributed by atoms with Crippen molar-refractivity contribution in [2.24, 2.45) is 5.73 Å². The van der Waals surface area contributed by atoms with Gasteiger partial charge in [-0.25, -0.2) is 0 Å². The molecule has 0 unspecified atom stereocenters. The van der Waals surface area contributed by atoms with Gasteiger partial charge < -0.3 is 19.4 Å². The second-order valence-corrected chi connectivity index (χ2v) is 9.40. The van der Waals surface area contributed by atoms with Gasteiger partial charge in [0.25, 0.3) is 0 Å². The molecule has 0 radical (unpaired) electrons. The Morgan fingerprint density at radius 1 is 1.07 bits per heavy atom. The van der Waals surface area contributed by atoms with Gasteiger partial charge in [0.1, 0.15) is 21.4 Å². The van der Waals surface area contributed by atoms with Crippen LogP contribution in [0.2, 0.25) is 0 Å². The normalized spacial score (nSPS) is 19.7. The number of ketones is 1. The van der Waals surface area contributed by atoms with Gasteiger partial charge in [-0.1, -0.05) is 42.5 Å². The van der Waals surface area contributed by atoms with Crippen LogP contribution in [0.4, 0.5) is 0 Å². The molecular formula is C18H20B3NO6S. The molecule has 2 N–H and O–H groups in total. The molecule has 0 saturated carbocycles. The molecule has 2 aromatic carbocycles. The Morgan fingerprint density at radius 2 is 1.66 bits per heavy atom. The fourth-order valence-electron chi connectivity index (χ4n) is 3.02. The smallest absolute Gasteiger partial charge is 0.304 e. The van der Waals surface area contributed by atoms with Crippen LogP contribution in [0.25, 0.3) is 0 Å². The maximum Gasteiger partial charge on any atom is 0.304 e. The van der Waals surface area contributed by atoms with Crippen LogP contribution in [0.3, 0.4) is 0 Å². The summed E-state index contributed by atoms with van der Waals surface area (Å²) in [5.41, 5.74) is 5.36. The number of benzene rings is 2. The minimum atomic E-state index is -4.26. The van der Waals surface area contributed by atoms with Gasteiger partial charge in [0.2, 0.25) is 17.4 Å². The lowest BCUT2D eigenvalue weighted by atomic mass is 9.65. The van der Waals surface area contributed by atoms with Gasteiger partial charge in [0.15, 0.2) is 13.3 Å². The van der Waals surface area contributed by atoms with E-state index in [1.165, 1.54) is 30.6 Å². The van der Waals surface area contributed by atoms with Gasteiger partial charge in [0, 0.05) is 0 Å². The summed E-state index contributed by atoms with van der Waals surface area (Å²) in [5.74, 6) is -0.965. The maximum absolute atomic E-state index is 13.1. The Kier molecular flexibility index (Phi) is 5.21. The standard InChI is InChI=1S/C18H20B3NO6S/c1-26-13-9-7-11(8-10-13)17(19)15(23)14(16(22)27-17)28-29(24,25)18(20,21)12-5-3-2-4-6-12/h2-10H,19-22H2,1H3/t17-/m1/s1. The second kappa shape index (κ2) is 7.22. The van der Waals surface area contributed by atoms with Crippen molar-refractivity contribution in [2.45, 2.75) is 10.0 Å². The van der Waals surface area contributed by atoms with Crippen molar-refractivity contribution in [3.8, 4) is 5.75 Å². The Balaban J connectivity index is 1.91. The van der Waals surface area contributed by atoms with Gasteiger partial charge >= 0.3 is 10.1 Å². The molecule has 0 aliphatic carbocycles. The molecule has 1 aliphatic heterocycles. The van der Waals surface area contributed by atoms with Crippen LogP contribution in [0.15, 0.2) is 66.2 Å². The molecule has 0 aromatic heterocycles. The van der Waals surface area contributed by atoms with Gasteiger partial charge in [-0.2, -0.15) is 8.42 Å². The second-order valence-electron chi connectivity index (χ2n) is 7.30. The van der Waals surface area contributed by atoms with E-state index in [-0.39, 0.29) is 5.88 Å². The van der Waals surface area contributed by atoms with Gasteiger partial charge in [-0.15, -0.1) is 0 Å². The molecule has 3 rings (SSSR count). The molecule has 0 fully saturated rings. The van der Waals surface area contributed by atoms with Crippen molar-refractivity contribution in [2.75, 3.05) is 7.11 Å². The maximum atomic E-state index is 13.1. The predicted molar refractivity (Wildman–Crippen MR) is 116 cm³/mol. The summed E-state index contributed by atoms with van der Waals surface area (Å²) in [4.78, 5) is 13.1. The van der Waals surface area contributed by atoms with Crippen molar-refractivity contribution in [1.29, 1.82) is 0 Å². The molecule has 1 heterocycles. The van der Waals surface area contributed by atoms with Crippen LogP contribution in [-0.2, 0) is 33.9 Å². The predicted octanol–water partition coefficient (Wildman–Crippen LogP) is -1.37. The number of hydrogen-bond acceptors (Lipinski definition) is 7. The quantitative estimate of drug-likeness (QED) is 0.462. The first kappa shape index (κ1) is 20.9. The van der Waals surface area contributed by atoms with E-state index in [1.54, 1.807) is 54.6 Å². The molecule has 0 bridgehead atoms. The first-order valence-electron chi connectivity index (χ1n) is 8.90. The molecule has 0 spiro atoms. The molecule has 1 aliphatic rings. The number of methoxy groups -OCH3 is 1. The van der Waals surface area contributed by atoms with Crippen LogP contribution < -0.4 is 10.5 Å². The molecule has 11 heteroatoms. The van der Waals surface area contributed by atoms with E-state index in [2.05, 4.69) is 0 Å². The number of carbonyl (C=O) groups is 1. The van der Waals surface area contributed by atoms with Crippen molar-refractivity contribution < 1.29 is 26.9 Å². The SMILES string of the molecule is BC(B)(c1ccccc1)S(=O)(=O)OC1=C(N)O[C@](B)(c2ccc(OC)cc2)C1=O. The summed E-state index contributed by atoms with van der Waals surface area (Å²) in [6.45, 7) is 0. The Labute approximate surface area is 172 Å². The van der Waals surface area contributed by atoms with Crippen molar-refractivity contribution >= 4 is 39.4 Å². The van der Waals surface area contributed by atoms with E-state index in [0.717, 1.165) is 0 Å². The Morgan fingerprint density at radius 3 is 2.21 bits per heavy atom. The van der Waals surface area contributed by atoms with Crippen LogP contribution >= 0.6 is 0 Å². The zero-order chi connectivity index (χ0) is 21.4. The van der Waals surface area contributed by atoms with Gasteiger partial charge in [0.05, 0.1) is 11.7 Å². The lowest BCUT2D eigenvalue weighted by Gasteiger charge is -2.26. The summed E-state index contributed by atoms with van der Waals surface area (Å²) in [6.07, 6.45) is 0. The third-order valence-corrected chi connectivity index (χ3v) is 6.98. The summed E-state index contributed by atoms with van der Waals surface area (Å²) in [5, 5.41) is 0. The molecule has 1 atom stereocenters. The number of rotatable bonds is 6. The lowest BCUT2D eigenvalue weighted by Crippen LogP contribution is -2.40. The fourth-order valence-corrected chi connectivity index (χ4v) is 4.03. The zero-order valence-electron chi connectivity index (χ0n) is 16.6. The third-order valence-electron chi connectivity index (χ3n) is 5.11. The number of Topliss-reactive ketones (excluding diaryl/α,β-unsaturated/α-hetero) is 1. The highest BCUT2D eigenvalue weighted by Gasteiger charge is 2.50. The largest absolute Gasteiger partial charge is 0.497 e. The Hall–Kier alpha value is -2.81. The molecule has 2 aromatic rings. The highest BCUT2D eigenvalue weighted by atomic mass is 32.2. The van der Waals surface area contributed by atoms with Crippen molar-refractivity contribution in [3.05, 3.63) is 77.4 Å². The Bertz CT molecular complexity index is 1070. The average molecular weight is 411 g/mol. The van der Waals surface area contributed by atoms with Crippen LogP contribution in [0.1, 0.15) is 11.1 Å². The molecule has 0 amide bonds. The number of nitrogens with two attached hydrogens (primary N) is 1. The molecular weight excluding hydrogens is 391 g/mol. The van der Waals surface area contributed by atoms with Gasteiger partial charge in [-0.3, -0.25) is 4.79 Å². The molecule has 29 heavy (non-hydrogen) atoms. The van der Waals surface area contributed by atoms with E-state index in [4.69, 9.17) is 19.4 Å². The molecule has 148 valence electrons. The van der Waals surface area contributed by atoms with E-state index >= 15 is 0 Å². The van der Waals surface area contributed by atoms with E-state index in [9.17, 15) is 13.2 Å². The van der Waals surface area contributed by atoms with Crippen molar-refractivity contribution in [1.82, 2.24) is 0 Å². The lowest BCUT2D eigenvalue weighted by molar-refractivity contribution is -0.126. The summed E-state index contributed by atoms with van der Waals surface area (Å²) in [7, 11) is 1.77. The highest BCUT2D eigenvalue weighted by Crippen LogP contribution is 2.38. The number of carbonyl (C=O) groups excluding carboxylic acids is 1. The monoisotopic (exact) mass is 411 g/mol. The minimum Gasteiger partial charge on any atom is -0.497 e. The highest BCUT2D eigenvalue weighted by molar-refractivity contribution is 7.90. The average Bonchev–Trinajstić information content (AvgIpc) is 2.92. The summed E-state index contributed by atoms with van der Waals surface area (Å²) >= 11 is 0. The van der Waals surface area contributed by atoms with E-state index in [0.29, 0.717) is 16.9 Å². The van der Waals surface area contributed by atoms with E-state index in [1.807, 2.05) is 0 Å². The molecule has 0 saturated heterocycles. The molecule has 7 nitrogen and oxygen atoms in total. The van der Waals surface area contributed by atoms with Crippen LogP contribution in [0.5, 0.6) is 5.75 Å². The summed E-state index contributed by atoms with van der Waals surface area (Å²) < 4.78 is 40.5. The topological polar surface area (TPSA) is 105 Å². The summed E-state index contributed by atoms with van der Waals surface area (Å²) in [6, 6.07) is 15.2. The first-order chi connectivity index (χ1) is 13.5. The zero-order valence-corrected chi connectivity index (χ0v) is 17.4. The van der Waals surface area contributed by atoms with E-state index < -0.39 is 31.7 Å². The van der Waals surface area contributed by atoms with Crippen LogP contribution in [0, 0.1) is 0 Å². The van der Waals surface area contributed by atoms with Crippen LogP contribution in [-0.4, -0.2) is 44.8 Å². The number of ether oxygens (including phenoxy) is 2. The number of hydrogen-bond donors (Lipinski definition) is 1. The first-order valence-corrected chi connectivity index (χ1v) is 10.3. The fraction of sp³-hybridized carbons (Fsp3) is 0.167. The third kappa shape index (κ3) is 3.50. The minimum absolute atomic E-state index is 0.374. The van der Waals surface area contributed by atoms with Gasteiger partial charge in [-0.05, 0) is 23.3 Å². The van der Waals surface area contributed by atoms with Crippen molar-refractivity contribution in [3.63, 3.8) is 0 Å².